The first kappa shape index (κ1) is 23.3. The second-order valence-corrected chi connectivity index (χ2v) is 8.35. The molecule has 38 heavy (non-hydrogen) atoms. The predicted octanol–water partition coefficient (Wildman–Crippen LogP) is 7.53. The lowest BCUT2D eigenvalue weighted by atomic mass is 9.93. The number of fused-ring (bicyclic) bond motifs is 2. The van der Waals surface area contributed by atoms with Crippen LogP contribution in [0.4, 0.5) is 5.69 Å². The maximum atomic E-state index is 10.2. The Bertz CT molecular complexity index is 1790. The normalized spacial score (nSPS) is 15.1. The van der Waals surface area contributed by atoms with E-state index in [4.69, 9.17) is 19.7 Å². The Labute approximate surface area is 219 Å². The van der Waals surface area contributed by atoms with Gasteiger partial charge >= 0.3 is 0 Å². The van der Waals surface area contributed by atoms with Crippen LogP contribution in [0.25, 0.3) is 48.1 Å². The van der Waals surface area contributed by atoms with Gasteiger partial charge in [0.05, 0.1) is 43.0 Å². The van der Waals surface area contributed by atoms with Gasteiger partial charge in [0, 0.05) is 22.8 Å². The van der Waals surface area contributed by atoms with Crippen molar-refractivity contribution in [3.8, 4) is 18.2 Å². The number of allylic oxidation sites excluding steroid dienone is 6. The van der Waals surface area contributed by atoms with Crippen LogP contribution in [-0.2, 0) is 0 Å². The summed E-state index contributed by atoms with van der Waals surface area (Å²) in [4.78, 5) is 10.7. The minimum atomic E-state index is 0.356. The lowest BCUT2D eigenvalue weighted by molar-refractivity contribution is 1.48. The quantitative estimate of drug-likeness (QED) is 0.281. The first-order valence-electron chi connectivity index (χ1n) is 11.2. The van der Waals surface area contributed by atoms with Crippen LogP contribution in [0.1, 0.15) is 38.9 Å². The molecule has 0 heterocycles. The van der Waals surface area contributed by atoms with E-state index in [1.807, 2.05) is 12.1 Å². The molecular weight excluding hydrogens is 468 g/mol. The highest BCUT2D eigenvalue weighted by Crippen LogP contribution is 2.53. The second-order valence-electron chi connectivity index (χ2n) is 8.35. The average molecular weight is 480 g/mol. The third-order valence-corrected chi connectivity index (χ3v) is 6.50. The highest BCUT2D eigenvalue weighted by Gasteiger charge is 2.34. The molecule has 0 unspecified atom stereocenters. The van der Waals surface area contributed by atoms with Crippen LogP contribution in [0.2, 0.25) is 0 Å². The first-order valence-corrected chi connectivity index (χ1v) is 11.2. The van der Waals surface area contributed by atoms with Crippen LogP contribution < -0.4 is 0 Å². The largest absolute Gasteiger partial charge is 0.245 e. The lowest BCUT2D eigenvalue weighted by Crippen LogP contribution is -1.91. The van der Waals surface area contributed by atoms with Crippen LogP contribution in [0.15, 0.2) is 72.9 Å². The molecule has 0 saturated carbocycles. The van der Waals surface area contributed by atoms with Gasteiger partial charge in [-0.05, 0) is 57.2 Å². The highest BCUT2D eigenvalue weighted by molar-refractivity contribution is 6.27. The molecular formula is C32H12N6. The Morgan fingerprint density at radius 2 is 1.29 bits per heavy atom. The molecule has 0 N–H and O–H groups in total. The van der Waals surface area contributed by atoms with E-state index in [0.29, 0.717) is 78.2 Å². The SMILES string of the molecule is [C-]#[N+]/C=C1\C(c2ccc([N+]#[C-])cc2)=C([N+]#[C-])c2cc3c(cc21)C(C#N)=C(c1ccc(C#N)cc1)/C3=C\C#N. The van der Waals surface area contributed by atoms with E-state index < -0.39 is 0 Å². The van der Waals surface area contributed by atoms with Crippen LogP contribution in [-0.4, -0.2) is 0 Å². The van der Waals surface area contributed by atoms with Gasteiger partial charge in [0.15, 0.2) is 11.9 Å². The Kier molecular flexibility index (Phi) is 5.71. The molecule has 0 bridgehead atoms. The molecule has 170 valence electrons. The van der Waals surface area contributed by atoms with Crippen molar-refractivity contribution in [1.82, 2.24) is 0 Å². The van der Waals surface area contributed by atoms with Gasteiger partial charge in [-0.3, -0.25) is 0 Å². The van der Waals surface area contributed by atoms with E-state index in [1.165, 1.54) is 12.3 Å². The maximum Gasteiger partial charge on any atom is 0.201 e. The molecule has 0 radical (unpaired) electrons. The van der Waals surface area contributed by atoms with Crippen LogP contribution in [0.5, 0.6) is 0 Å². The van der Waals surface area contributed by atoms with Gasteiger partial charge in [0.25, 0.3) is 0 Å². The molecule has 0 fully saturated rings. The smallest absolute Gasteiger partial charge is 0.201 e. The molecule has 0 saturated heterocycles. The van der Waals surface area contributed by atoms with Gasteiger partial charge in [0.2, 0.25) is 5.70 Å². The third kappa shape index (κ3) is 3.45. The van der Waals surface area contributed by atoms with Crippen LogP contribution in [0, 0.1) is 53.7 Å². The van der Waals surface area contributed by atoms with Crippen molar-refractivity contribution in [2.75, 3.05) is 0 Å². The first-order chi connectivity index (χ1) is 18.6. The van der Waals surface area contributed by atoms with Gasteiger partial charge in [0.1, 0.15) is 6.07 Å². The summed E-state index contributed by atoms with van der Waals surface area (Å²) in [6.07, 6.45) is 2.76. The topological polar surface area (TPSA) is 84.5 Å². The summed E-state index contributed by atoms with van der Waals surface area (Å²) >= 11 is 0. The average Bonchev–Trinajstić information content (AvgIpc) is 3.43. The zero-order chi connectivity index (χ0) is 26.8. The summed E-state index contributed by atoms with van der Waals surface area (Å²) in [6, 6.07) is 23.7. The van der Waals surface area contributed by atoms with Crippen molar-refractivity contribution in [1.29, 1.82) is 15.8 Å². The summed E-state index contributed by atoms with van der Waals surface area (Å²) in [6.45, 7) is 22.7. The third-order valence-electron chi connectivity index (χ3n) is 6.50. The van der Waals surface area contributed by atoms with Crippen LogP contribution >= 0.6 is 0 Å². The number of nitriles is 3. The fraction of sp³-hybridized carbons (Fsp3) is 0. The molecule has 3 aromatic rings. The molecule has 2 aliphatic rings. The summed E-state index contributed by atoms with van der Waals surface area (Å²) < 4.78 is 0. The number of hydrogen-bond donors (Lipinski definition) is 0. The van der Waals surface area contributed by atoms with E-state index >= 15 is 0 Å². The fourth-order valence-corrected chi connectivity index (χ4v) is 4.90. The van der Waals surface area contributed by atoms with E-state index in [9.17, 15) is 15.8 Å². The molecule has 0 aliphatic heterocycles. The molecule has 0 aromatic heterocycles. The molecule has 2 aliphatic carbocycles. The summed E-state index contributed by atoms with van der Waals surface area (Å²) in [5.41, 5.74) is 7.88. The maximum absolute atomic E-state index is 10.2. The van der Waals surface area contributed by atoms with Crippen molar-refractivity contribution >= 4 is 39.2 Å². The minimum absolute atomic E-state index is 0.356. The number of rotatable bonds is 2. The van der Waals surface area contributed by atoms with Gasteiger partial charge in [-0.2, -0.15) is 15.8 Å². The van der Waals surface area contributed by atoms with Crippen molar-refractivity contribution in [3.05, 3.63) is 146 Å². The highest BCUT2D eigenvalue weighted by atomic mass is 14.7. The van der Waals surface area contributed by atoms with E-state index in [-0.39, 0.29) is 0 Å². The molecule has 6 heteroatoms. The Morgan fingerprint density at radius 1 is 0.658 bits per heavy atom. The molecule has 5 rings (SSSR count). The number of hydrogen-bond acceptors (Lipinski definition) is 3. The van der Waals surface area contributed by atoms with Gasteiger partial charge in [-0.1, -0.05) is 42.5 Å². The predicted molar refractivity (Wildman–Crippen MR) is 144 cm³/mol. The molecule has 6 nitrogen and oxygen atoms in total. The zero-order valence-corrected chi connectivity index (χ0v) is 19.6. The molecule has 0 spiro atoms. The van der Waals surface area contributed by atoms with Gasteiger partial charge < -0.3 is 0 Å². The van der Waals surface area contributed by atoms with Crippen molar-refractivity contribution in [2.24, 2.45) is 0 Å². The van der Waals surface area contributed by atoms with Crippen molar-refractivity contribution < 1.29 is 0 Å². The van der Waals surface area contributed by atoms with Crippen molar-refractivity contribution in [2.45, 2.75) is 0 Å². The van der Waals surface area contributed by atoms with Crippen molar-refractivity contribution in [3.63, 3.8) is 0 Å². The van der Waals surface area contributed by atoms with Gasteiger partial charge in [-0.15, -0.1) is 0 Å². The van der Waals surface area contributed by atoms with E-state index in [0.717, 1.165) is 0 Å². The standard InChI is InChI=1S/C32H12N6/c1-36-18-29-26-14-25-24(15-27(26)32(38-3)31(29)21-8-10-22(37-2)11-9-21)23(12-13-33)30(28(25)17-35)20-6-4-19(16-34)5-7-20/h4-12,14-15,18H/b23-12-,29-18-. The Morgan fingerprint density at radius 3 is 1.87 bits per heavy atom. The summed E-state index contributed by atoms with van der Waals surface area (Å²) in [5, 5.41) is 29.0. The fourth-order valence-electron chi connectivity index (χ4n) is 4.90. The van der Waals surface area contributed by atoms with E-state index in [2.05, 4.69) is 32.7 Å². The number of benzene rings is 3. The molecule has 0 amide bonds. The molecule has 0 atom stereocenters. The monoisotopic (exact) mass is 480 g/mol. The second kappa shape index (κ2) is 9.31. The Balaban J connectivity index is 1.78. The summed E-state index contributed by atoms with van der Waals surface area (Å²) in [7, 11) is 0. The zero-order valence-electron chi connectivity index (χ0n) is 19.6. The van der Waals surface area contributed by atoms with Gasteiger partial charge in [-0.25, -0.2) is 14.5 Å². The van der Waals surface area contributed by atoms with E-state index in [1.54, 1.807) is 48.5 Å². The lowest BCUT2D eigenvalue weighted by Gasteiger charge is -2.10. The minimum Gasteiger partial charge on any atom is -0.245 e. The molecule has 3 aromatic carbocycles. The van der Waals surface area contributed by atoms with Crippen LogP contribution in [0.3, 0.4) is 0 Å². The summed E-state index contributed by atoms with van der Waals surface area (Å²) in [5.74, 6) is 0. The number of nitrogens with zero attached hydrogens (tertiary/aromatic N) is 6. The Hall–Kier alpha value is -6.44.